The second-order valence-electron chi connectivity index (χ2n) is 3.78. The summed E-state index contributed by atoms with van der Waals surface area (Å²) in [6.45, 7) is 2.65. The highest BCUT2D eigenvalue weighted by molar-refractivity contribution is 9.10. The van der Waals surface area contributed by atoms with Crippen LogP contribution in [-0.4, -0.2) is 6.54 Å². The fourth-order valence-corrected chi connectivity index (χ4v) is 2.45. The summed E-state index contributed by atoms with van der Waals surface area (Å²) in [6.07, 6.45) is 1.50. The highest BCUT2D eigenvalue weighted by Crippen LogP contribution is 2.32. The molecule has 0 fully saturated rings. The average molecular weight is 333 g/mol. The summed E-state index contributed by atoms with van der Waals surface area (Å²) in [5.74, 6) is -0.291. The van der Waals surface area contributed by atoms with Gasteiger partial charge >= 0.3 is 0 Å². The van der Waals surface area contributed by atoms with E-state index in [2.05, 4.69) is 21.2 Å². The number of benzene rings is 1. The summed E-state index contributed by atoms with van der Waals surface area (Å²) in [4.78, 5) is 0. The molecule has 1 aromatic heterocycles. The number of hydrogen-bond acceptors (Lipinski definition) is 2. The number of halogens is 3. The van der Waals surface area contributed by atoms with E-state index in [9.17, 15) is 4.39 Å². The fourth-order valence-electron chi connectivity index (χ4n) is 1.85. The van der Waals surface area contributed by atoms with Gasteiger partial charge in [0.2, 0.25) is 0 Å². The number of hydrogen-bond donors (Lipinski definition) is 1. The van der Waals surface area contributed by atoms with Crippen LogP contribution in [0.15, 0.2) is 39.4 Å². The molecule has 1 heterocycles. The fraction of sp³-hybridized carbons (Fsp3) is 0.231. The monoisotopic (exact) mass is 331 g/mol. The third-order valence-electron chi connectivity index (χ3n) is 2.66. The van der Waals surface area contributed by atoms with Crippen molar-refractivity contribution < 1.29 is 8.81 Å². The largest absolute Gasteiger partial charge is 0.453 e. The van der Waals surface area contributed by atoms with E-state index >= 15 is 0 Å². The Balaban J connectivity index is 2.48. The molecule has 18 heavy (non-hydrogen) atoms. The lowest BCUT2D eigenvalue weighted by atomic mass is 10.0. The van der Waals surface area contributed by atoms with Crippen molar-refractivity contribution in [1.82, 2.24) is 5.32 Å². The first kappa shape index (κ1) is 13.6. The minimum absolute atomic E-state index is 0.278. The molecule has 5 heteroatoms. The molecule has 0 aliphatic heterocycles. The van der Waals surface area contributed by atoms with Crippen molar-refractivity contribution in [3.05, 3.63) is 57.2 Å². The van der Waals surface area contributed by atoms with Crippen molar-refractivity contribution in [2.24, 2.45) is 0 Å². The highest BCUT2D eigenvalue weighted by atomic mass is 79.9. The summed E-state index contributed by atoms with van der Waals surface area (Å²) >= 11 is 9.16. The SMILES string of the molecule is CCNC(c1ccoc1Cl)c1cccc(Br)c1F. The first-order chi connectivity index (χ1) is 8.65. The molecule has 0 saturated heterocycles. The van der Waals surface area contributed by atoms with E-state index in [0.29, 0.717) is 16.6 Å². The lowest BCUT2D eigenvalue weighted by molar-refractivity contribution is 0.537. The van der Waals surface area contributed by atoms with E-state index in [1.807, 2.05) is 6.92 Å². The summed E-state index contributed by atoms with van der Waals surface area (Å²) in [7, 11) is 0. The molecule has 1 N–H and O–H groups in total. The first-order valence-electron chi connectivity index (χ1n) is 5.55. The molecular formula is C13H12BrClFNO. The average Bonchev–Trinajstić information content (AvgIpc) is 2.76. The van der Waals surface area contributed by atoms with Gasteiger partial charge in [-0.15, -0.1) is 0 Å². The van der Waals surface area contributed by atoms with Crippen LogP contribution in [-0.2, 0) is 0 Å². The van der Waals surface area contributed by atoms with E-state index in [0.717, 1.165) is 5.56 Å². The van der Waals surface area contributed by atoms with Gasteiger partial charge in [0.15, 0.2) is 5.22 Å². The number of rotatable bonds is 4. The van der Waals surface area contributed by atoms with Crippen molar-refractivity contribution in [3.63, 3.8) is 0 Å². The molecule has 1 atom stereocenters. The van der Waals surface area contributed by atoms with Crippen LogP contribution in [0.1, 0.15) is 24.1 Å². The Hall–Kier alpha value is -0.840. The smallest absolute Gasteiger partial charge is 0.198 e. The van der Waals surface area contributed by atoms with Crippen LogP contribution in [0.2, 0.25) is 5.22 Å². The zero-order chi connectivity index (χ0) is 13.1. The van der Waals surface area contributed by atoms with Gasteiger partial charge in [-0.05, 0) is 46.2 Å². The normalized spacial score (nSPS) is 12.7. The van der Waals surface area contributed by atoms with Crippen LogP contribution in [0.5, 0.6) is 0 Å². The Kier molecular flexibility index (Phi) is 4.43. The summed E-state index contributed by atoms with van der Waals surface area (Å²) < 4.78 is 19.6. The Morgan fingerprint density at radius 1 is 1.39 bits per heavy atom. The van der Waals surface area contributed by atoms with Crippen LogP contribution in [0, 0.1) is 5.82 Å². The predicted molar refractivity (Wildman–Crippen MR) is 73.3 cm³/mol. The zero-order valence-electron chi connectivity index (χ0n) is 9.71. The molecule has 0 aliphatic carbocycles. The van der Waals surface area contributed by atoms with Crippen molar-refractivity contribution in [2.45, 2.75) is 13.0 Å². The maximum absolute atomic E-state index is 14.1. The molecule has 2 aromatic rings. The molecule has 1 unspecified atom stereocenters. The van der Waals surface area contributed by atoms with Gasteiger partial charge in [0, 0.05) is 11.1 Å². The summed E-state index contributed by atoms with van der Waals surface area (Å²) in [5, 5.41) is 3.48. The van der Waals surface area contributed by atoms with Gasteiger partial charge in [0.05, 0.1) is 16.8 Å². The highest BCUT2D eigenvalue weighted by Gasteiger charge is 2.22. The Bertz CT molecular complexity index is 544. The van der Waals surface area contributed by atoms with Crippen LogP contribution in [0.4, 0.5) is 4.39 Å². The van der Waals surface area contributed by atoms with Gasteiger partial charge in [-0.3, -0.25) is 0 Å². The molecule has 96 valence electrons. The van der Waals surface area contributed by atoms with Crippen molar-refractivity contribution in [3.8, 4) is 0 Å². The quantitative estimate of drug-likeness (QED) is 0.889. The first-order valence-corrected chi connectivity index (χ1v) is 6.72. The van der Waals surface area contributed by atoms with Crippen LogP contribution in [0.25, 0.3) is 0 Å². The van der Waals surface area contributed by atoms with E-state index in [4.69, 9.17) is 16.0 Å². The second kappa shape index (κ2) is 5.87. The van der Waals surface area contributed by atoms with Crippen LogP contribution < -0.4 is 5.32 Å². The Morgan fingerprint density at radius 2 is 2.17 bits per heavy atom. The van der Waals surface area contributed by atoms with Crippen LogP contribution >= 0.6 is 27.5 Å². The molecule has 0 saturated carbocycles. The van der Waals surface area contributed by atoms with Crippen molar-refractivity contribution >= 4 is 27.5 Å². The third kappa shape index (κ3) is 2.60. The van der Waals surface area contributed by atoms with Gasteiger partial charge in [-0.2, -0.15) is 0 Å². The second-order valence-corrected chi connectivity index (χ2v) is 4.98. The standard InChI is InChI=1S/C13H12BrClFNO/c1-2-17-12(9-6-7-18-13(9)15)8-4-3-5-10(14)11(8)16/h3-7,12,17H,2H2,1H3. The zero-order valence-corrected chi connectivity index (χ0v) is 12.1. The van der Waals surface area contributed by atoms with Gasteiger partial charge < -0.3 is 9.73 Å². The topological polar surface area (TPSA) is 25.2 Å². The van der Waals surface area contributed by atoms with E-state index in [-0.39, 0.29) is 17.1 Å². The van der Waals surface area contributed by atoms with Crippen LogP contribution in [0.3, 0.4) is 0 Å². The van der Waals surface area contributed by atoms with Gasteiger partial charge in [-0.1, -0.05) is 19.1 Å². The van der Waals surface area contributed by atoms with Gasteiger partial charge in [0.1, 0.15) is 5.82 Å². The van der Waals surface area contributed by atoms with E-state index < -0.39 is 0 Å². The number of furan rings is 1. The molecule has 2 rings (SSSR count). The molecule has 0 radical (unpaired) electrons. The molecule has 0 amide bonds. The predicted octanol–water partition coefficient (Wildman–Crippen LogP) is 4.53. The molecule has 1 aromatic carbocycles. The van der Waals surface area contributed by atoms with Crippen molar-refractivity contribution in [1.29, 1.82) is 0 Å². The van der Waals surface area contributed by atoms with Crippen molar-refractivity contribution in [2.75, 3.05) is 6.54 Å². The lowest BCUT2D eigenvalue weighted by Gasteiger charge is -2.18. The van der Waals surface area contributed by atoms with Gasteiger partial charge in [0.25, 0.3) is 0 Å². The minimum Gasteiger partial charge on any atom is -0.453 e. The van der Waals surface area contributed by atoms with E-state index in [1.165, 1.54) is 6.26 Å². The molecule has 2 nitrogen and oxygen atoms in total. The molecule has 0 spiro atoms. The minimum atomic E-state index is -0.321. The maximum Gasteiger partial charge on any atom is 0.198 e. The van der Waals surface area contributed by atoms with Gasteiger partial charge in [-0.25, -0.2) is 4.39 Å². The molecule has 0 aliphatic rings. The maximum atomic E-state index is 14.1. The molecular weight excluding hydrogens is 321 g/mol. The Labute approximate surface area is 118 Å². The summed E-state index contributed by atoms with van der Waals surface area (Å²) in [6, 6.07) is 6.62. The number of nitrogens with one attached hydrogen (secondary N) is 1. The third-order valence-corrected chi connectivity index (χ3v) is 3.58. The lowest BCUT2D eigenvalue weighted by Crippen LogP contribution is -2.23. The Morgan fingerprint density at radius 3 is 2.78 bits per heavy atom. The summed E-state index contributed by atoms with van der Waals surface area (Å²) in [5.41, 5.74) is 1.27. The van der Waals surface area contributed by atoms with E-state index in [1.54, 1.807) is 24.3 Å². The molecule has 0 bridgehead atoms.